The van der Waals surface area contributed by atoms with Crippen molar-refractivity contribution in [1.29, 1.82) is 0 Å². The molecule has 0 radical (unpaired) electrons. The Balaban J connectivity index is 2.04. The number of likely N-dealkylation sites (tertiary alicyclic amines) is 1. The van der Waals surface area contributed by atoms with E-state index in [0.717, 1.165) is 0 Å². The first kappa shape index (κ1) is 22.0. The molecule has 7 heteroatoms. The zero-order valence-corrected chi connectivity index (χ0v) is 17.5. The van der Waals surface area contributed by atoms with Crippen LogP contribution in [0, 0.1) is 5.82 Å². The van der Waals surface area contributed by atoms with Crippen LogP contribution in [0.3, 0.4) is 0 Å². The summed E-state index contributed by atoms with van der Waals surface area (Å²) in [6.07, 6.45) is 0.504. The lowest BCUT2D eigenvalue weighted by Crippen LogP contribution is -2.31. The van der Waals surface area contributed by atoms with Crippen molar-refractivity contribution in [2.75, 3.05) is 13.2 Å². The van der Waals surface area contributed by atoms with Crippen molar-refractivity contribution in [3.05, 3.63) is 76.1 Å². The van der Waals surface area contributed by atoms with E-state index in [1.165, 1.54) is 23.1 Å². The molecular weight excluding hydrogens is 409 g/mol. The summed E-state index contributed by atoms with van der Waals surface area (Å²) in [5.41, 5.74) is 0.330. The van der Waals surface area contributed by atoms with E-state index in [4.69, 9.17) is 16.3 Å². The Labute approximate surface area is 179 Å². The highest BCUT2D eigenvalue weighted by Gasteiger charge is 2.46. The molecular formula is C23H23ClFNO4. The van der Waals surface area contributed by atoms with Crippen LogP contribution in [-0.2, 0) is 14.3 Å². The van der Waals surface area contributed by atoms with E-state index in [0.29, 0.717) is 23.6 Å². The Hall–Kier alpha value is -2.70. The van der Waals surface area contributed by atoms with Gasteiger partial charge in [-0.05, 0) is 50.6 Å². The normalized spacial score (nSPS) is 18.4. The van der Waals surface area contributed by atoms with Gasteiger partial charge in [0.2, 0.25) is 0 Å². The molecule has 1 aliphatic rings. The van der Waals surface area contributed by atoms with Gasteiger partial charge in [-0.2, -0.15) is 0 Å². The third kappa shape index (κ3) is 4.55. The van der Waals surface area contributed by atoms with Gasteiger partial charge in [-0.25, -0.2) is 4.39 Å². The number of nitrogens with zero attached hydrogens (tertiary/aromatic N) is 1. The molecule has 0 bridgehead atoms. The van der Waals surface area contributed by atoms with Gasteiger partial charge in [0.25, 0.3) is 11.7 Å². The quantitative estimate of drug-likeness (QED) is 0.298. The molecule has 3 rings (SSSR count). The SMILES string of the molecule is CC(C)OCCCN1C(=O)C(=O)/C(=C(\O)c2ccc(Cl)cc2)C1c1ccccc1F. The fourth-order valence-electron chi connectivity index (χ4n) is 3.45. The predicted molar refractivity (Wildman–Crippen MR) is 113 cm³/mol. The zero-order valence-electron chi connectivity index (χ0n) is 16.8. The minimum Gasteiger partial charge on any atom is -0.507 e. The Morgan fingerprint density at radius 3 is 2.47 bits per heavy atom. The Morgan fingerprint density at radius 1 is 1.17 bits per heavy atom. The number of ketones is 1. The van der Waals surface area contributed by atoms with E-state index in [9.17, 15) is 19.1 Å². The van der Waals surface area contributed by atoms with Crippen LogP contribution in [0.1, 0.15) is 37.4 Å². The molecule has 0 aliphatic carbocycles. The van der Waals surface area contributed by atoms with Crippen molar-refractivity contribution in [3.63, 3.8) is 0 Å². The maximum absolute atomic E-state index is 14.7. The number of Topliss-reactive ketones (excluding diaryl/α,β-unsaturated/α-hetero) is 1. The first-order valence-electron chi connectivity index (χ1n) is 9.71. The van der Waals surface area contributed by atoms with Crippen molar-refractivity contribution < 1.29 is 23.8 Å². The van der Waals surface area contributed by atoms with Crippen LogP contribution in [0.4, 0.5) is 4.39 Å². The molecule has 2 aromatic carbocycles. The minimum atomic E-state index is -1.03. The van der Waals surface area contributed by atoms with E-state index in [-0.39, 0.29) is 29.5 Å². The van der Waals surface area contributed by atoms with E-state index in [1.54, 1.807) is 30.3 Å². The van der Waals surface area contributed by atoms with Crippen molar-refractivity contribution >= 4 is 29.1 Å². The number of rotatable bonds is 7. The molecule has 1 aliphatic heterocycles. The number of ether oxygens (including phenoxy) is 1. The number of hydrogen-bond acceptors (Lipinski definition) is 4. The van der Waals surface area contributed by atoms with Crippen LogP contribution in [0.25, 0.3) is 5.76 Å². The third-order valence-electron chi connectivity index (χ3n) is 4.85. The molecule has 5 nitrogen and oxygen atoms in total. The smallest absolute Gasteiger partial charge is 0.295 e. The number of amides is 1. The lowest BCUT2D eigenvalue weighted by Gasteiger charge is -2.25. The molecule has 1 saturated heterocycles. The first-order valence-corrected chi connectivity index (χ1v) is 10.1. The minimum absolute atomic E-state index is 0.0349. The Morgan fingerprint density at radius 2 is 1.83 bits per heavy atom. The van der Waals surface area contributed by atoms with Crippen molar-refractivity contribution in [3.8, 4) is 0 Å². The van der Waals surface area contributed by atoms with Crippen molar-refractivity contribution in [2.45, 2.75) is 32.4 Å². The summed E-state index contributed by atoms with van der Waals surface area (Å²) in [6.45, 7) is 4.38. The third-order valence-corrected chi connectivity index (χ3v) is 5.10. The van der Waals surface area contributed by atoms with Gasteiger partial charge in [-0.1, -0.05) is 29.8 Å². The molecule has 0 saturated carbocycles. The van der Waals surface area contributed by atoms with Gasteiger partial charge in [0, 0.05) is 29.3 Å². The second-order valence-electron chi connectivity index (χ2n) is 7.29. The molecule has 30 heavy (non-hydrogen) atoms. The molecule has 2 aromatic rings. The zero-order chi connectivity index (χ0) is 21.8. The lowest BCUT2D eigenvalue weighted by atomic mass is 9.95. The van der Waals surface area contributed by atoms with E-state index >= 15 is 0 Å². The average molecular weight is 432 g/mol. The maximum Gasteiger partial charge on any atom is 0.295 e. The molecule has 1 fully saturated rings. The number of carbonyl (C=O) groups excluding carboxylic acids is 2. The average Bonchev–Trinajstić information content (AvgIpc) is 2.96. The summed E-state index contributed by atoms with van der Waals surface area (Å²) in [6, 6.07) is 11.1. The van der Waals surface area contributed by atoms with Gasteiger partial charge in [-0.15, -0.1) is 0 Å². The largest absolute Gasteiger partial charge is 0.507 e. The monoisotopic (exact) mass is 431 g/mol. The van der Waals surface area contributed by atoms with Crippen molar-refractivity contribution in [2.24, 2.45) is 0 Å². The van der Waals surface area contributed by atoms with Gasteiger partial charge in [0.1, 0.15) is 11.6 Å². The second-order valence-corrected chi connectivity index (χ2v) is 7.73. The number of hydrogen-bond donors (Lipinski definition) is 1. The predicted octanol–water partition coefficient (Wildman–Crippen LogP) is 4.72. The van der Waals surface area contributed by atoms with Gasteiger partial charge in [0.15, 0.2) is 0 Å². The number of aliphatic hydroxyl groups excluding tert-OH is 1. The summed E-state index contributed by atoms with van der Waals surface area (Å²) < 4.78 is 20.2. The van der Waals surface area contributed by atoms with E-state index < -0.39 is 23.5 Å². The van der Waals surface area contributed by atoms with Crippen LogP contribution >= 0.6 is 11.6 Å². The maximum atomic E-state index is 14.7. The number of halogens is 2. The highest BCUT2D eigenvalue weighted by molar-refractivity contribution is 6.46. The molecule has 158 valence electrons. The van der Waals surface area contributed by atoms with E-state index in [2.05, 4.69) is 0 Å². The fourth-order valence-corrected chi connectivity index (χ4v) is 3.57. The summed E-state index contributed by atoms with van der Waals surface area (Å²) in [5, 5.41) is 11.3. The molecule has 1 heterocycles. The topological polar surface area (TPSA) is 66.8 Å². The van der Waals surface area contributed by atoms with Crippen LogP contribution in [0.15, 0.2) is 54.1 Å². The van der Waals surface area contributed by atoms with Gasteiger partial charge < -0.3 is 14.7 Å². The van der Waals surface area contributed by atoms with Crippen LogP contribution in [-0.4, -0.2) is 41.0 Å². The number of aliphatic hydroxyl groups is 1. The summed E-state index contributed by atoms with van der Waals surface area (Å²) >= 11 is 5.90. The fraction of sp³-hybridized carbons (Fsp3) is 0.304. The van der Waals surface area contributed by atoms with Crippen molar-refractivity contribution in [1.82, 2.24) is 4.90 Å². The van der Waals surface area contributed by atoms with E-state index in [1.807, 2.05) is 13.8 Å². The van der Waals surface area contributed by atoms with Crippen LogP contribution in [0.2, 0.25) is 5.02 Å². The molecule has 1 N–H and O–H groups in total. The highest BCUT2D eigenvalue weighted by Crippen LogP contribution is 2.40. The Bertz CT molecular complexity index is 971. The Kier molecular flexibility index (Phi) is 6.90. The number of benzene rings is 2. The standard InChI is InChI=1S/C23H23ClFNO4/c1-14(2)30-13-5-12-26-20(17-6-3-4-7-18(17)25)19(22(28)23(26)29)21(27)15-8-10-16(24)11-9-15/h3-4,6-11,14,20,27H,5,12-13H2,1-2H3/b21-19-. The second kappa shape index (κ2) is 9.41. The first-order chi connectivity index (χ1) is 14.3. The van der Waals surface area contributed by atoms with Gasteiger partial charge in [0.05, 0.1) is 17.7 Å². The molecule has 1 amide bonds. The molecule has 1 atom stereocenters. The van der Waals surface area contributed by atoms with Crippen LogP contribution < -0.4 is 0 Å². The molecule has 0 spiro atoms. The molecule has 1 unspecified atom stereocenters. The summed E-state index contributed by atoms with van der Waals surface area (Å²) in [5.74, 6) is -2.54. The molecule has 0 aromatic heterocycles. The number of carbonyl (C=O) groups is 2. The summed E-state index contributed by atoms with van der Waals surface area (Å²) in [4.78, 5) is 26.9. The van der Waals surface area contributed by atoms with Crippen LogP contribution in [0.5, 0.6) is 0 Å². The lowest BCUT2D eigenvalue weighted by molar-refractivity contribution is -0.140. The van der Waals surface area contributed by atoms with Gasteiger partial charge in [-0.3, -0.25) is 9.59 Å². The summed E-state index contributed by atoms with van der Waals surface area (Å²) in [7, 11) is 0. The highest BCUT2D eigenvalue weighted by atomic mass is 35.5. The van der Waals surface area contributed by atoms with Gasteiger partial charge >= 0.3 is 0 Å².